The Hall–Kier alpha value is -1.57. The Kier molecular flexibility index (Phi) is 1.92. The number of hydrogen-bond acceptors (Lipinski definition) is 3. The van der Waals surface area contributed by atoms with E-state index < -0.39 is 5.41 Å². The van der Waals surface area contributed by atoms with Crippen LogP contribution in [0.25, 0.3) is 0 Å². The van der Waals surface area contributed by atoms with Crippen LogP contribution in [0.2, 0.25) is 0 Å². The van der Waals surface area contributed by atoms with Gasteiger partial charge in [0.25, 0.3) is 0 Å². The fourth-order valence-electron chi connectivity index (χ4n) is 1.55. The van der Waals surface area contributed by atoms with Crippen molar-refractivity contribution < 1.29 is 9.59 Å². The van der Waals surface area contributed by atoms with Crippen LogP contribution < -0.4 is 10.6 Å². The second-order valence-corrected chi connectivity index (χ2v) is 3.87. The number of carbonyl (C=O) groups is 2. The number of nitrogens with one attached hydrogen (secondary N) is 2. The molecule has 14 heavy (non-hydrogen) atoms. The maximum atomic E-state index is 11.5. The molecule has 2 N–H and O–H groups in total. The van der Waals surface area contributed by atoms with Gasteiger partial charge in [-0.05, 0) is 12.8 Å². The molecule has 74 valence electrons. The zero-order valence-electron chi connectivity index (χ0n) is 7.67. The van der Waals surface area contributed by atoms with Gasteiger partial charge in [-0.15, -0.1) is 0 Å². The molecule has 0 radical (unpaired) electrons. The van der Waals surface area contributed by atoms with Gasteiger partial charge in [0.1, 0.15) is 5.41 Å². The summed E-state index contributed by atoms with van der Waals surface area (Å²) in [5.41, 5.74) is -0.786. The lowest BCUT2D eigenvalue weighted by molar-refractivity contribution is -0.125. The molecule has 0 aromatic rings. The number of nitriles is 1. The molecule has 1 saturated carbocycles. The second-order valence-electron chi connectivity index (χ2n) is 3.87. The van der Waals surface area contributed by atoms with Gasteiger partial charge in [-0.25, -0.2) is 0 Å². The number of nitrogens with zero attached hydrogens (tertiary/aromatic N) is 1. The largest absolute Gasteiger partial charge is 0.354 e. The highest BCUT2D eigenvalue weighted by Gasteiger charge is 2.51. The van der Waals surface area contributed by atoms with Crippen LogP contribution in [0.15, 0.2) is 0 Å². The summed E-state index contributed by atoms with van der Waals surface area (Å²) in [5.74, 6) is -0.265. The third kappa shape index (κ3) is 1.43. The van der Waals surface area contributed by atoms with Gasteiger partial charge in [0.15, 0.2) is 0 Å². The first kappa shape index (κ1) is 9.00. The van der Waals surface area contributed by atoms with Crippen molar-refractivity contribution in [1.82, 2.24) is 10.6 Å². The molecule has 1 aliphatic carbocycles. The molecule has 2 fully saturated rings. The predicted octanol–water partition coefficient (Wildman–Crippen LogP) is -0.705. The molecule has 1 atom stereocenters. The topological polar surface area (TPSA) is 82.0 Å². The molecule has 1 aliphatic heterocycles. The second kappa shape index (κ2) is 2.98. The first-order valence-electron chi connectivity index (χ1n) is 4.65. The van der Waals surface area contributed by atoms with Crippen molar-refractivity contribution in [3.8, 4) is 6.07 Å². The SMILES string of the molecule is N#CC1(C(=O)NC2CNC(=O)C2)CC1. The molecule has 1 saturated heterocycles. The van der Waals surface area contributed by atoms with Crippen molar-refractivity contribution in [2.24, 2.45) is 5.41 Å². The molecule has 2 rings (SSSR count). The fraction of sp³-hybridized carbons (Fsp3) is 0.667. The highest BCUT2D eigenvalue weighted by atomic mass is 16.2. The molecule has 5 nitrogen and oxygen atoms in total. The minimum atomic E-state index is -0.786. The van der Waals surface area contributed by atoms with Gasteiger partial charge in [-0.3, -0.25) is 9.59 Å². The molecule has 0 spiro atoms. The number of amides is 2. The Morgan fingerprint density at radius 3 is 2.79 bits per heavy atom. The average molecular weight is 193 g/mol. The highest BCUT2D eigenvalue weighted by molar-refractivity contribution is 5.89. The Labute approximate surface area is 81.5 Å². The van der Waals surface area contributed by atoms with E-state index in [1.165, 1.54) is 0 Å². The van der Waals surface area contributed by atoms with Crippen LogP contribution in [0.3, 0.4) is 0 Å². The molecular formula is C9H11N3O2. The maximum Gasteiger partial charge on any atom is 0.240 e. The van der Waals surface area contributed by atoms with Gasteiger partial charge in [0.05, 0.1) is 12.1 Å². The van der Waals surface area contributed by atoms with Gasteiger partial charge < -0.3 is 10.6 Å². The van der Waals surface area contributed by atoms with E-state index in [0.717, 1.165) is 0 Å². The smallest absolute Gasteiger partial charge is 0.240 e. The van der Waals surface area contributed by atoms with Gasteiger partial charge in [0, 0.05) is 13.0 Å². The normalized spacial score (nSPS) is 27.6. The highest BCUT2D eigenvalue weighted by Crippen LogP contribution is 2.45. The van der Waals surface area contributed by atoms with Crippen molar-refractivity contribution in [1.29, 1.82) is 5.26 Å². The summed E-state index contributed by atoms with van der Waals surface area (Å²) in [4.78, 5) is 22.4. The van der Waals surface area contributed by atoms with E-state index in [-0.39, 0.29) is 17.9 Å². The average Bonchev–Trinajstić information content (AvgIpc) is 2.87. The van der Waals surface area contributed by atoms with E-state index in [4.69, 9.17) is 5.26 Å². The van der Waals surface area contributed by atoms with Crippen LogP contribution in [0, 0.1) is 16.7 Å². The zero-order chi connectivity index (χ0) is 10.2. The fourth-order valence-corrected chi connectivity index (χ4v) is 1.55. The van der Waals surface area contributed by atoms with Gasteiger partial charge in [-0.2, -0.15) is 5.26 Å². The lowest BCUT2D eigenvalue weighted by atomic mass is 10.1. The third-order valence-electron chi connectivity index (χ3n) is 2.71. The molecular weight excluding hydrogens is 182 g/mol. The molecule has 0 aromatic carbocycles. The van der Waals surface area contributed by atoms with Gasteiger partial charge in [0.2, 0.25) is 11.8 Å². The van der Waals surface area contributed by atoms with Gasteiger partial charge >= 0.3 is 0 Å². The first-order valence-corrected chi connectivity index (χ1v) is 4.65. The molecule has 0 bridgehead atoms. The van der Waals surface area contributed by atoms with Crippen molar-refractivity contribution in [3.63, 3.8) is 0 Å². The van der Waals surface area contributed by atoms with Crippen LogP contribution in [0.5, 0.6) is 0 Å². The first-order chi connectivity index (χ1) is 6.66. The van der Waals surface area contributed by atoms with Crippen molar-refractivity contribution in [2.75, 3.05) is 6.54 Å². The van der Waals surface area contributed by atoms with Crippen molar-refractivity contribution in [3.05, 3.63) is 0 Å². The zero-order valence-corrected chi connectivity index (χ0v) is 7.67. The van der Waals surface area contributed by atoms with E-state index in [2.05, 4.69) is 10.6 Å². The third-order valence-corrected chi connectivity index (χ3v) is 2.71. The summed E-state index contributed by atoms with van der Waals surface area (Å²) in [5, 5.41) is 14.1. The van der Waals surface area contributed by atoms with Crippen LogP contribution in [0.4, 0.5) is 0 Å². The van der Waals surface area contributed by atoms with Crippen LogP contribution in [0.1, 0.15) is 19.3 Å². The Morgan fingerprint density at radius 2 is 2.36 bits per heavy atom. The van der Waals surface area contributed by atoms with E-state index in [9.17, 15) is 9.59 Å². The van der Waals surface area contributed by atoms with E-state index in [0.29, 0.717) is 25.8 Å². The lowest BCUT2D eigenvalue weighted by Gasteiger charge is -2.12. The van der Waals surface area contributed by atoms with Crippen LogP contribution >= 0.6 is 0 Å². The summed E-state index contributed by atoms with van der Waals surface area (Å²) in [6, 6.07) is 1.88. The summed E-state index contributed by atoms with van der Waals surface area (Å²) in [6.07, 6.45) is 1.61. The number of carbonyl (C=O) groups excluding carboxylic acids is 2. The minimum absolute atomic E-state index is 0.0443. The van der Waals surface area contributed by atoms with Crippen LogP contribution in [-0.2, 0) is 9.59 Å². The molecule has 5 heteroatoms. The Balaban J connectivity index is 1.90. The van der Waals surface area contributed by atoms with Crippen molar-refractivity contribution >= 4 is 11.8 Å². The summed E-state index contributed by atoms with van der Waals surface area (Å²) >= 11 is 0. The monoisotopic (exact) mass is 193 g/mol. The van der Waals surface area contributed by atoms with E-state index in [1.807, 2.05) is 6.07 Å². The number of hydrogen-bond donors (Lipinski definition) is 2. The Bertz CT molecular complexity index is 327. The lowest BCUT2D eigenvalue weighted by Crippen LogP contribution is -2.40. The van der Waals surface area contributed by atoms with Gasteiger partial charge in [-0.1, -0.05) is 0 Å². The van der Waals surface area contributed by atoms with Crippen molar-refractivity contribution in [2.45, 2.75) is 25.3 Å². The van der Waals surface area contributed by atoms with E-state index >= 15 is 0 Å². The molecule has 2 aliphatic rings. The summed E-state index contributed by atoms with van der Waals surface area (Å²) < 4.78 is 0. The predicted molar refractivity (Wildman–Crippen MR) is 46.8 cm³/mol. The summed E-state index contributed by atoms with van der Waals surface area (Å²) in [6.45, 7) is 0.478. The minimum Gasteiger partial charge on any atom is -0.354 e. The standard InChI is InChI=1S/C9H11N3O2/c10-5-9(1-2-9)8(14)12-6-3-7(13)11-4-6/h6H,1-4H2,(H,11,13)(H,12,14). The molecule has 2 amide bonds. The molecule has 0 aromatic heterocycles. The molecule has 1 heterocycles. The number of rotatable bonds is 2. The quantitative estimate of drug-likeness (QED) is 0.608. The van der Waals surface area contributed by atoms with E-state index in [1.54, 1.807) is 0 Å². The summed E-state index contributed by atoms with van der Waals surface area (Å²) in [7, 11) is 0. The van der Waals surface area contributed by atoms with Crippen LogP contribution in [-0.4, -0.2) is 24.4 Å². The Morgan fingerprint density at radius 1 is 1.64 bits per heavy atom. The molecule has 1 unspecified atom stereocenters. The maximum absolute atomic E-state index is 11.5.